The van der Waals surface area contributed by atoms with Gasteiger partial charge >= 0.3 is 0 Å². The molecule has 3 rings (SSSR count). The number of benzene rings is 1. The topological polar surface area (TPSA) is 90.6 Å². The standard InChI is InChI=1S/C14H12IN3O3S2/c15-9-2-1-3-10(6-9)18-11-7-23(20,21)8-12(11)22-14(18)17-13(19)4-5-16/h1-3,6,11-12H,4,7-8H2/t11-,12-/m0/s1. The van der Waals surface area contributed by atoms with Crippen LogP contribution < -0.4 is 4.90 Å². The average molecular weight is 461 g/mol. The summed E-state index contributed by atoms with van der Waals surface area (Å²) >= 11 is 3.49. The summed E-state index contributed by atoms with van der Waals surface area (Å²) in [5, 5.41) is 8.97. The lowest BCUT2D eigenvalue weighted by atomic mass is 10.2. The number of nitrogens with zero attached hydrogens (tertiary/aromatic N) is 3. The second-order valence-electron chi connectivity index (χ2n) is 5.27. The molecule has 2 saturated heterocycles. The van der Waals surface area contributed by atoms with E-state index in [4.69, 9.17) is 5.26 Å². The largest absolute Gasteiger partial charge is 0.316 e. The van der Waals surface area contributed by atoms with Crippen molar-refractivity contribution in [3.8, 4) is 6.07 Å². The van der Waals surface area contributed by atoms with Gasteiger partial charge in [-0.05, 0) is 40.8 Å². The van der Waals surface area contributed by atoms with Crippen LogP contribution in [0.2, 0.25) is 0 Å². The third-order valence-corrected chi connectivity index (χ3v) is 7.48. The van der Waals surface area contributed by atoms with Gasteiger partial charge < -0.3 is 4.90 Å². The van der Waals surface area contributed by atoms with Gasteiger partial charge in [0.05, 0.1) is 23.6 Å². The molecular formula is C14H12IN3O3S2. The molecule has 2 heterocycles. The Labute approximate surface area is 152 Å². The Balaban J connectivity index is 2.01. The minimum Gasteiger partial charge on any atom is -0.316 e. The minimum absolute atomic E-state index is 0.0571. The summed E-state index contributed by atoms with van der Waals surface area (Å²) in [4.78, 5) is 17.6. The molecule has 0 radical (unpaired) electrons. The van der Waals surface area contributed by atoms with Crippen LogP contribution in [0.4, 0.5) is 5.69 Å². The number of carbonyl (C=O) groups excluding carboxylic acids is 1. The van der Waals surface area contributed by atoms with Crippen LogP contribution in [0.1, 0.15) is 6.42 Å². The van der Waals surface area contributed by atoms with E-state index in [1.807, 2.05) is 29.2 Å². The van der Waals surface area contributed by atoms with Crippen molar-refractivity contribution in [1.82, 2.24) is 0 Å². The number of hydrogen-bond donors (Lipinski definition) is 0. The molecule has 0 N–H and O–H groups in total. The predicted molar refractivity (Wildman–Crippen MR) is 98.1 cm³/mol. The number of nitriles is 1. The van der Waals surface area contributed by atoms with Gasteiger partial charge in [0.2, 0.25) is 0 Å². The summed E-state index contributed by atoms with van der Waals surface area (Å²) in [7, 11) is -3.08. The first-order valence-electron chi connectivity index (χ1n) is 6.80. The highest BCUT2D eigenvalue weighted by Crippen LogP contribution is 2.41. The molecule has 1 amide bonds. The number of thioether (sulfide) groups is 1. The maximum Gasteiger partial charge on any atom is 0.262 e. The van der Waals surface area contributed by atoms with Crippen LogP contribution >= 0.6 is 34.4 Å². The molecule has 2 fully saturated rings. The summed E-state index contributed by atoms with van der Waals surface area (Å²) in [5.41, 5.74) is 0.817. The van der Waals surface area contributed by atoms with Gasteiger partial charge in [0, 0.05) is 14.5 Å². The first-order valence-corrected chi connectivity index (χ1v) is 10.6. The average Bonchev–Trinajstić information content (AvgIpc) is 2.89. The van der Waals surface area contributed by atoms with E-state index >= 15 is 0 Å². The minimum atomic E-state index is -3.08. The molecule has 0 aliphatic carbocycles. The molecule has 23 heavy (non-hydrogen) atoms. The zero-order valence-corrected chi connectivity index (χ0v) is 15.6. The smallest absolute Gasteiger partial charge is 0.262 e. The van der Waals surface area contributed by atoms with Crippen molar-refractivity contribution < 1.29 is 13.2 Å². The van der Waals surface area contributed by atoms with E-state index in [9.17, 15) is 13.2 Å². The lowest BCUT2D eigenvalue weighted by molar-refractivity contribution is -0.116. The molecule has 1 aromatic rings. The summed E-state index contributed by atoms with van der Waals surface area (Å²) < 4.78 is 24.9. The molecular weight excluding hydrogens is 449 g/mol. The van der Waals surface area contributed by atoms with E-state index in [-0.39, 0.29) is 29.2 Å². The van der Waals surface area contributed by atoms with Gasteiger partial charge in [-0.1, -0.05) is 17.8 Å². The molecule has 0 bridgehead atoms. The highest BCUT2D eigenvalue weighted by molar-refractivity contribution is 14.1. The Hall–Kier alpha value is -1.12. The normalized spacial score (nSPS) is 27.0. The van der Waals surface area contributed by atoms with Gasteiger partial charge in [0.15, 0.2) is 15.0 Å². The molecule has 2 aliphatic heterocycles. The van der Waals surface area contributed by atoms with E-state index in [0.29, 0.717) is 5.17 Å². The first kappa shape index (κ1) is 16.7. The number of fused-ring (bicyclic) bond motifs is 1. The van der Waals surface area contributed by atoms with Crippen molar-refractivity contribution in [2.75, 3.05) is 16.4 Å². The SMILES string of the molecule is N#CCC(=O)N=C1S[C@H]2CS(=O)(=O)C[C@@H]2N1c1cccc(I)c1. The summed E-state index contributed by atoms with van der Waals surface area (Å²) in [5.74, 6) is -0.357. The van der Waals surface area contributed by atoms with E-state index in [0.717, 1.165) is 9.26 Å². The summed E-state index contributed by atoms with van der Waals surface area (Å²) in [6.07, 6.45) is -0.280. The molecule has 2 atom stereocenters. The van der Waals surface area contributed by atoms with Crippen molar-refractivity contribution in [2.24, 2.45) is 4.99 Å². The molecule has 120 valence electrons. The summed E-state index contributed by atoms with van der Waals surface area (Å²) in [6.45, 7) is 0. The number of aliphatic imine (C=N–C) groups is 1. The molecule has 2 aliphatic rings. The fourth-order valence-electron chi connectivity index (χ4n) is 2.71. The molecule has 0 spiro atoms. The fraction of sp³-hybridized carbons (Fsp3) is 0.357. The van der Waals surface area contributed by atoms with E-state index in [1.165, 1.54) is 11.8 Å². The third-order valence-electron chi connectivity index (χ3n) is 3.60. The van der Waals surface area contributed by atoms with Crippen molar-refractivity contribution in [3.63, 3.8) is 0 Å². The van der Waals surface area contributed by atoms with E-state index in [2.05, 4.69) is 27.6 Å². The van der Waals surface area contributed by atoms with Crippen LogP contribution in [0, 0.1) is 14.9 Å². The number of rotatable bonds is 2. The highest BCUT2D eigenvalue weighted by atomic mass is 127. The highest BCUT2D eigenvalue weighted by Gasteiger charge is 2.49. The van der Waals surface area contributed by atoms with Crippen molar-refractivity contribution in [3.05, 3.63) is 27.8 Å². The lowest BCUT2D eigenvalue weighted by Gasteiger charge is -2.24. The molecule has 0 unspecified atom stereocenters. The Morgan fingerprint density at radius 1 is 1.48 bits per heavy atom. The van der Waals surface area contributed by atoms with Crippen molar-refractivity contribution >= 4 is 61.0 Å². The number of anilines is 1. The Kier molecular flexibility index (Phi) is 4.66. The monoisotopic (exact) mass is 461 g/mol. The van der Waals surface area contributed by atoms with Crippen LogP contribution in [0.5, 0.6) is 0 Å². The van der Waals surface area contributed by atoms with Gasteiger partial charge in [-0.2, -0.15) is 10.3 Å². The van der Waals surface area contributed by atoms with E-state index < -0.39 is 15.7 Å². The second-order valence-corrected chi connectivity index (χ2v) is 9.88. The molecule has 9 heteroatoms. The Morgan fingerprint density at radius 3 is 2.96 bits per heavy atom. The number of amidine groups is 1. The van der Waals surface area contributed by atoms with Crippen LogP contribution in [-0.4, -0.2) is 42.3 Å². The predicted octanol–water partition coefficient (Wildman–Crippen LogP) is 1.81. The number of carbonyl (C=O) groups is 1. The Morgan fingerprint density at radius 2 is 2.26 bits per heavy atom. The number of hydrogen-bond acceptors (Lipinski definition) is 5. The van der Waals surface area contributed by atoms with Crippen LogP contribution in [0.25, 0.3) is 0 Å². The van der Waals surface area contributed by atoms with Gasteiger partial charge in [0.25, 0.3) is 5.91 Å². The second kappa shape index (κ2) is 6.41. The van der Waals surface area contributed by atoms with Gasteiger partial charge in [0.1, 0.15) is 6.42 Å². The van der Waals surface area contributed by atoms with Gasteiger partial charge in [-0.25, -0.2) is 8.42 Å². The van der Waals surface area contributed by atoms with Crippen LogP contribution in [0.3, 0.4) is 0 Å². The number of sulfone groups is 1. The van der Waals surface area contributed by atoms with Crippen LogP contribution in [0.15, 0.2) is 29.3 Å². The van der Waals surface area contributed by atoms with Crippen molar-refractivity contribution in [2.45, 2.75) is 17.7 Å². The van der Waals surface area contributed by atoms with Crippen molar-refractivity contribution in [1.29, 1.82) is 5.26 Å². The zero-order valence-electron chi connectivity index (χ0n) is 11.8. The molecule has 0 saturated carbocycles. The summed E-state index contributed by atoms with van der Waals surface area (Å²) in [6, 6.07) is 9.19. The maximum atomic E-state index is 11.9. The van der Waals surface area contributed by atoms with Gasteiger partial charge in [-0.3, -0.25) is 4.79 Å². The van der Waals surface area contributed by atoms with E-state index in [1.54, 1.807) is 6.07 Å². The number of amides is 1. The third kappa shape index (κ3) is 3.54. The maximum absolute atomic E-state index is 11.9. The lowest BCUT2D eigenvalue weighted by Crippen LogP contribution is -2.37. The first-order chi connectivity index (χ1) is 10.9. The fourth-order valence-corrected chi connectivity index (χ4v) is 7.16. The molecule has 6 nitrogen and oxygen atoms in total. The number of halogens is 1. The van der Waals surface area contributed by atoms with Crippen LogP contribution in [-0.2, 0) is 14.6 Å². The molecule has 1 aromatic carbocycles. The quantitative estimate of drug-likeness (QED) is 0.625. The Bertz CT molecular complexity index is 832. The van der Waals surface area contributed by atoms with Gasteiger partial charge in [-0.15, -0.1) is 0 Å². The molecule has 0 aromatic heterocycles. The zero-order chi connectivity index (χ0) is 16.6.